The molecule has 0 aliphatic carbocycles. The second-order valence-electron chi connectivity index (χ2n) is 7.55. The van der Waals surface area contributed by atoms with Crippen molar-refractivity contribution in [2.24, 2.45) is 0 Å². The first-order valence-electron chi connectivity index (χ1n) is 10.4. The van der Waals surface area contributed by atoms with Gasteiger partial charge in [-0.15, -0.1) is 0 Å². The van der Waals surface area contributed by atoms with Crippen LogP contribution in [-0.4, -0.2) is 49.4 Å². The molecule has 0 saturated carbocycles. The lowest BCUT2D eigenvalue weighted by molar-refractivity contribution is 0.0502. The van der Waals surface area contributed by atoms with Crippen LogP contribution in [0.15, 0.2) is 53.1 Å². The van der Waals surface area contributed by atoms with Crippen LogP contribution in [0.2, 0.25) is 5.02 Å². The summed E-state index contributed by atoms with van der Waals surface area (Å²) in [6.45, 7) is 1.43. The molecule has 32 heavy (non-hydrogen) atoms. The van der Waals surface area contributed by atoms with Crippen molar-refractivity contribution in [2.45, 2.75) is 25.5 Å². The summed E-state index contributed by atoms with van der Waals surface area (Å²) in [5.74, 6) is 1.66. The van der Waals surface area contributed by atoms with E-state index >= 15 is 0 Å². The Kier molecular flexibility index (Phi) is 6.97. The third-order valence-electron chi connectivity index (χ3n) is 5.42. The normalized spacial score (nSPS) is 15.5. The second kappa shape index (κ2) is 10.1. The number of methoxy groups -OCH3 is 2. The highest BCUT2D eigenvalue weighted by Crippen LogP contribution is 2.34. The lowest BCUT2D eigenvalue weighted by atomic mass is 10.1. The number of aromatic nitrogens is 1. The van der Waals surface area contributed by atoms with Crippen LogP contribution < -0.4 is 9.47 Å². The van der Waals surface area contributed by atoms with E-state index in [2.05, 4.69) is 5.16 Å². The monoisotopic (exact) mass is 456 g/mol. The van der Waals surface area contributed by atoms with Crippen molar-refractivity contribution in [1.82, 2.24) is 10.1 Å². The summed E-state index contributed by atoms with van der Waals surface area (Å²) < 4.78 is 22.1. The summed E-state index contributed by atoms with van der Waals surface area (Å²) in [7, 11) is 3.19. The Bertz CT molecular complexity index is 1080. The number of hydrogen-bond donors (Lipinski definition) is 0. The lowest BCUT2D eigenvalue weighted by Gasteiger charge is -2.25. The van der Waals surface area contributed by atoms with Crippen LogP contribution in [0, 0.1) is 0 Å². The molecule has 2 heterocycles. The van der Waals surface area contributed by atoms with Gasteiger partial charge >= 0.3 is 0 Å². The molecule has 1 saturated heterocycles. The molecular formula is C24H25ClN2O5. The number of rotatable bonds is 8. The van der Waals surface area contributed by atoms with E-state index in [4.69, 9.17) is 30.3 Å². The highest BCUT2D eigenvalue weighted by molar-refractivity contribution is 6.33. The third-order valence-corrected chi connectivity index (χ3v) is 5.75. The van der Waals surface area contributed by atoms with Gasteiger partial charge < -0.3 is 23.6 Å². The first-order valence-corrected chi connectivity index (χ1v) is 10.8. The maximum atomic E-state index is 13.3. The Labute approximate surface area is 191 Å². The van der Waals surface area contributed by atoms with Crippen LogP contribution in [0.4, 0.5) is 0 Å². The average Bonchev–Trinajstić information content (AvgIpc) is 3.50. The number of ether oxygens (including phenoxy) is 3. The maximum Gasteiger partial charge on any atom is 0.255 e. The van der Waals surface area contributed by atoms with Gasteiger partial charge in [-0.25, -0.2) is 0 Å². The third kappa shape index (κ3) is 4.89. The second-order valence-corrected chi connectivity index (χ2v) is 7.96. The molecule has 0 N–H and O–H groups in total. The van der Waals surface area contributed by atoms with Gasteiger partial charge in [0.05, 0.1) is 43.0 Å². The summed E-state index contributed by atoms with van der Waals surface area (Å²) in [6.07, 6.45) is 1.89. The van der Waals surface area contributed by atoms with Crippen molar-refractivity contribution in [3.8, 4) is 22.8 Å². The van der Waals surface area contributed by atoms with Gasteiger partial charge in [0.1, 0.15) is 17.2 Å². The van der Waals surface area contributed by atoms with Crippen molar-refractivity contribution in [2.75, 3.05) is 27.4 Å². The number of benzene rings is 2. The van der Waals surface area contributed by atoms with Crippen molar-refractivity contribution >= 4 is 17.5 Å². The Morgan fingerprint density at radius 1 is 1.19 bits per heavy atom. The van der Waals surface area contributed by atoms with Crippen molar-refractivity contribution in [3.63, 3.8) is 0 Å². The highest BCUT2D eigenvalue weighted by atomic mass is 35.5. The molecule has 8 heteroatoms. The van der Waals surface area contributed by atoms with Crippen LogP contribution in [0.1, 0.15) is 28.9 Å². The predicted molar refractivity (Wildman–Crippen MR) is 120 cm³/mol. The molecule has 1 aromatic heterocycles. The lowest BCUT2D eigenvalue weighted by Crippen LogP contribution is -2.37. The van der Waals surface area contributed by atoms with Crippen molar-refractivity contribution in [1.29, 1.82) is 0 Å². The summed E-state index contributed by atoms with van der Waals surface area (Å²) in [5.41, 5.74) is 1.78. The standard InChI is InChI=1S/C24H25ClN2O5/c1-29-17-9-10-22(30-2)20(13-17)23-12-16(26-32-23)14-27(15-18-6-5-11-31-18)24(28)19-7-3-4-8-21(19)25/h3-4,7-10,12-13,18H,5-6,11,14-15H2,1-2H3. The van der Waals surface area contributed by atoms with Crippen LogP contribution in [0.5, 0.6) is 11.5 Å². The Morgan fingerprint density at radius 3 is 2.75 bits per heavy atom. The number of amides is 1. The molecule has 4 rings (SSSR count). The first-order chi connectivity index (χ1) is 15.6. The molecule has 2 aromatic carbocycles. The number of hydrogen-bond acceptors (Lipinski definition) is 6. The zero-order valence-corrected chi connectivity index (χ0v) is 18.8. The molecule has 0 bridgehead atoms. The van der Waals surface area contributed by atoms with E-state index in [-0.39, 0.29) is 18.6 Å². The van der Waals surface area contributed by atoms with Gasteiger partial charge in [0, 0.05) is 19.2 Å². The number of halogens is 1. The fraction of sp³-hybridized carbons (Fsp3) is 0.333. The summed E-state index contributed by atoms with van der Waals surface area (Å²) in [4.78, 5) is 15.0. The van der Waals surface area contributed by atoms with E-state index in [0.717, 1.165) is 12.8 Å². The van der Waals surface area contributed by atoms with Crippen LogP contribution in [-0.2, 0) is 11.3 Å². The van der Waals surface area contributed by atoms with Crippen LogP contribution in [0.3, 0.4) is 0 Å². The van der Waals surface area contributed by atoms with Gasteiger partial charge in [0.2, 0.25) is 0 Å². The minimum atomic E-state index is -0.172. The van der Waals surface area contributed by atoms with E-state index in [1.807, 2.05) is 12.1 Å². The predicted octanol–water partition coefficient (Wildman–Crippen LogP) is 4.83. The van der Waals surface area contributed by atoms with Crippen molar-refractivity contribution < 1.29 is 23.5 Å². The van der Waals surface area contributed by atoms with E-state index < -0.39 is 0 Å². The number of carbonyl (C=O) groups excluding carboxylic acids is 1. The molecule has 1 amide bonds. The van der Waals surface area contributed by atoms with E-state index in [0.29, 0.717) is 52.3 Å². The van der Waals surface area contributed by atoms with Gasteiger partial charge in [0.15, 0.2) is 5.76 Å². The molecule has 1 aliphatic rings. The SMILES string of the molecule is COc1ccc(OC)c(-c2cc(CN(CC3CCCO3)C(=O)c3ccccc3Cl)no2)c1. The van der Waals surface area contributed by atoms with Crippen molar-refractivity contribution in [3.05, 3.63) is 64.8 Å². The van der Waals surface area contributed by atoms with Gasteiger partial charge in [-0.05, 0) is 43.2 Å². The molecule has 1 atom stereocenters. The van der Waals surface area contributed by atoms with E-state index in [1.54, 1.807) is 55.5 Å². The topological polar surface area (TPSA) is 74.0 Å². The average molecular weight is 457 g/mol. The quantitative estimate of drug-likeness (QED) is 0.483. The molecule has 3 aromatic rings. The molecule has 1 fully saturated rings. The fourth-order valence-electron chi connectivity index (χ4n) is 3.77. The van der Waals surface area contributed by atoms with Crippen LogP contribution in [0.25, 0.3) is 11.3 Å². The number of nitrogens with zero attached hydrogens (tertiary/aromatic N) is 2. The molecule has 1 unspecified atom stereocenters. The zero-order valence-electron chi connectivity index (χ0n) is 18.0. The largest absolute Gasteiger partial charge is 0.497 e. The molecular weight excluding hydrogens is 432 g/mol. The molecule has 1 aliphatic heterocycles. The Morgan fingerprint density at radius 2 is 2.03 bits per heavy atom. The summed E-state index contributed by atoms with van der Waals surface area (Å²) in [6, 6.07) is 14.3. The highest BCUT2D eigenvalue weighted by Gasteiger charge is 2.26. The maximum absolute atomic E-state index is 13.3. The minimum absolute atomic E-state index is 0.00807. The zero-order chi connectivity index (χ0) is 22.5. The van der Waals surface area contributed by atoms with Gasteiger partial charge in [0.25, 0.3) is 5.91 Å². The van der Waals surface area contributed by atoms with Gasteiger partial charge in [-0.1, -0.05) is 28.9 Å². The van der Waals surface area contributed by atoms with E-state index in [9.17, 15) is 4.79 Å². The minimum Gasteiger partial charge on any atom is -0.497 e. The fourth-order valence-corrected chi connectivity index (χ4v) is 3.99. The Balaban J connectivity index is 1.60. The Hall–Kier alpha value is -3.03. The molecule has 7 nitrogen and oxygen atoms in total. The number of carbonyl (C=O) groups is 1. The smallest absolute Gasteiger partial charge is 0.255 e. The summed E-state index contributed by atoms with van der Waals surface area (Å²) >= 11 is 6.29. The molecule has 0 spiro atoms. The van der Waals surface area contributed by atoms with Gasteiger partial charge in [-0.3, -0.25) is 4.79 Å². The first kappa shape index (κ1) is 22.2. The van der Waals surface area contributed by atoms with E-state index in [1.165, 1.54) is 0 Å². The summed E-state index contributed by atoms with van der Waals surface area (Å²) in [5, 5.41) is 4.61. The molecule has 168 valence electrons. The van der Waals surface area contributed by atoms with Gasteiger partial charge in [-0.2, -0.15) is 0 Å². The molecule has 0 radical (unpaired) electrons. The van der Waals surface area contributed by atoms with Crippen LogP contribution >= 0.6 is 11.6 Å².